The summed E-state index contributed by atoms with van der Waals surface area (Å²) in [6.45, 7) is 0. The molecular weight excluding hydrogens is 171 g/mol. The van der Waals surface area contributed by atoms with Gasteiger partial charge in [0.2, 0.25) is 0 Å². The molecule has 1 aliphatic rings. The van der Waals surface area contributed by atoms with E-state index >= 15 is 0 Å². The molecule has 0 amide bonds. The Bertz CT molecular complexity index is 77.8. The van der Waals surface area contributed by atoms with Crippen LogP contribution in [0.3, 0.4) is 0 Å². The molecule has 0 atom stereocenters. The summed E-state index contributed by atoms with van der Waals surface area (Å²) in [4.78, 5) is 9.76. The van der Waals surface area contributed by atoms with Crippen LogP contribution in [0.2, 0.25) is 0 Å². The maximum atomic E-state index is 9.76. The zero-order chi connectivity index (χ0) is 4.57. The van der Waals surface area contributed by atoms with Crippen LogP contribution in [0, 0.1) is 5.92 Å². The van der Waals surface area contributed by atoms with Crippen LogP contribution in [0.4, 0.5) is 0 Å². The molecule has 1 saturated carbocycles. The van der Waals surface area contributed by atoms with E-state index in [1.165, 1.54) is 0 Å². The first-order valence-electron chi connectivity index (χ1n) is 2.03. The summed E-state index contributed by atoms with van der Waals surface area (Å²) < 4.78 is 0. The summed E-state index contributed by atoms with van der Waals surface area (Å²) in [5.74, 6) is -0.611. The van der Waals surface area contributed by atoms with Crippen molar-refractivity contribution >= 4 is 5.97 Å². The van der Waals surface area contributed by atoms with E-state index in [9.17, 15) is 4.79 Å². The molecule has 1 N–H and O–H groups in total. The summed E-state index contributed by atoms with van der Waals surface area (Å²) in [6, 6.07) is 0. The zero-order valence-corrected chi connectivity index (χ0v) is 6.31. The molecule has 0 radical (unpaired) electrons. The van der Waals surface area contributed by atoms with Gasteiger partial charge >= 0.3 is 5.97 Å². The minimum Gasteiger partial charge on any atom is -0.481 e. The maximum absolute atomic E-state index is 9.76. The predicted octanol–water partition coefficient (Wildman–Crippen LogP) is 0.479. The van der Waals surface area contributed by atoms with Crippen molar-refractivity contribution in [1.29, 1.82) is 0 Å². The minimum atomic E-state index is -0.630. The van der Waals surface area contributed by atoms with Gasteiger partial charge in [-0.05, 0) is 12.8 Å². The number of carboxylic acid groups (broad SMARTS) is 1. The Labute approximate surface area is 61.0 Å². The summed E-state index contributed by atoms with van der Waals surface area (Å²) in [5, 5.41) is 8.05. The Balaban J connectivity index is 0.000000360. The Morgan fingerprint density at radius 2 is 2.00 bits per heavy atom. The van der Waals surface area contributed by atoms with Gasteiger partial charge in [-0.1, -0.05) is 0 Å². The average Bonchev–Trinajstić information content (AvgIpc) is 2.06. The van der Waals surface area contributed by atoms with E-state index in [2.05, 4.69) is 0 Å². The standard InChI is InChI=1S/C4H6O2.Zr/c5-4(6)3-1-2-3;/h3H,1-2H2,(H,5,6);. The van der Waals surface area contributed by atoms with Gasteiger partial charge in [-0.25, -0.2) is 0 Å². The number of carbonyl (C=O) groups is 1. The van der Waals surface area contributed by atoms with Crippen LogP contribution in [-0.4, -0.2) is 11.1 Å². The van der Waals surface area contributed by atoms with E-state index in [1.807, 2.05) is 0 Å². The van der Waals surface area contributed by atoms with Crippen LogP contribution in [-0.2, 0) is 31.0 Å². The molecule has 2 nitrogen and oxygen atoms in total. The largest absolute Gasteiger partial charge is 0.481 e. The van der Waals surface area contributed by atoms with Gasteiger partial charge in [-0.2, -0.15) is 0 Å². The Morgan fingerprint density at radius 1 is 1.57 bits per heavy atom. The molecular formula is C4H6O2Zr. The van der Waals surface area contributed by atoms with Gasteiger partial charge in [0, 0.05) is 26.2 Å². The van der Waals surface area contributed by atoms with Crippen molar-refractivity contribution in [3.05, 3.63) is 0 Å². The second kappa shape index (κ2) is 2.61. The second-order valence-corrected chi connectivity index (χ2v) is 1.61. The quantitative estimate of drug-likeness (QED) is 0.632. The normalized spacial score (nSPS) is 17.7. The first kappa shape index (κ1) is 7.35. The van der Waals surface area contributed by atoms with Crippen molar-refractivity contribution in [2.24, 2.45) is 5.92 Å². The SMILES string of the molecule is O=C(O)C1CC1.[Zr]. The molecule has 1 aliphatic carbocycles. The van der Waals surface area contributed by atoms with Crippen molar-refractivity contribution in [1.82, 2.24) is 0 Å². The smallest absolute Gasteiger partial charge is 0.306 e. The third-order valence-electron chi connectivity index (χ3n) is 0.927. The molecule has 0 aromatic heterocycles. The van der Waals surface area contributed by atoms with Gasteiger partial charge in [0.25, 0.3) is 0 Å². The van der Waals surface area contributed by atoms with E-state index < -0.39 is 5.97 Å². The van der Waals surface area contributed by atoms with Crippen LogP contribution in [0.1, 0.15) is 12.8 Å². The third kappa shape index (κ3) is 2.23. The summed E-state index contributed by atoms with van der Waals surface area (Å²) in [6.07, 6.45) is 1.80. The number of rotatable bonds is 1. The molecule has 0 unspecified atom stereocenters. The molecule has 0 saturated heterocycles. The Morgan fingerprint density at radius 3 is 2.00 bits per heavy atom. The molecule has 38 valence electrons. The van der Waals surface area contributed by atoms with Crippen LogP contribution in [0.25, 0.3) is 0 Å². The summed E-state index contributed by atoms with van der Waals surface area (Å²) in [7, 11) is 0. The molecule has 7 heavy (non-hydrogen) atoms. The number of hydrogen-bond acceptors (Lipinski definition) is 1. The van der Waals surface area contributed by atoms with E-state index in [0.717, 1.165) is 12.8 Å². The van der Waals surface area contributed by atoms with Crippen molar-refractivity contribution in [3.63, 3.8) is 0 Å². The Hall–Kier alpha value is 0.353. The average molecular weight is 177 g/mol. The first-order valence-corrected chi connectivity index (χ1v) is 2.03. The van der Waals surface area contributed by atoms with Crippen LogP contribution >= 0.6 is 0 Å². The van der Waals surface area contributed by atoms with Gasteiger partial charge in [0.05, 0.1) is 5.92 Å². The van der Waals surface area contributed by atoms with Gasteiger partial charge in [-0.3, -0.25) is 4.79 Å². The fraction of sp³-hybridized carbons (Fsp3) is 0.750. The molecule has 0 aromatic carbocycles. The minimum absolute atomic E-state index is 0. The first-order chi connectivity index (χ1) is 2.80. The van der Waals surface area contributed by atoms with E-state index in [1.54, 1.807) is 0 Å². The fourth-order valence-electron chi connectivity index (χ4n) is 0.330. The number of carboxylic acids is 1. The van der Waals surface area contributed by atoms with Gasteiger partial charge in [0.1, 0.15) is 0 Å². The number of aliphatic carboxylic acids is 1. The summed E-state index contributed by atoms with van der Waals surface area (Å²) >= 11 is 0. The second-order valence-electron chi connectivity index (χ2n) is 1.61. The monoisotopic (exact) mass is 176 g/mol. The van der Waals surface area contributed by atoms with E-state index in [0.29, 0.717) is 0 Å². The fourth-order valence-corrected chi connectivity index (χ4v) is 0.330. The van der Waals surface area contributed by atoms with Crippen molar-refractivity contribution in [3.8, 4) is 0 Å². The molecule has 0 aliphatic heterocycles. The number of hydrogen-bond donors (Lipinski definition) is 1. The van der Waals surface area contributed by atoms with Crippen LogP contribution in [0.5, 0.6) is 0 Å². The van der Waals surface area contributed by atoms with Gasteiger partial charge in [0.15, 0.2) is 0 Å². The molecule has 1 rings (SSSR count). The van der Waals surface area contributed by atoms with Crippen molar-refractivity contribution in [2.75, 3.05) is 0 Å². The topological polar surface area (TPSA) is 37.3 Å². The van der Waals surface area contributed by atoms with Crippen LogP contribution < -0.4 is 0 Å². The molecule has 0 aromatic rings. The van der Waals surface area contributed by atoms with Crippen molar-refractivity contribution < 1.29 is 36.1 Å². The maximum Gasteiger partial charge on any atom is 0.306 e. The molecule has 3 heteroatoms. The van der Waals surface area contributed by atoms with E-state index in [-0.39, 0.29) is 32.1 Å². The van der Waals surface area contributed by atoms with Gasteiger partial charge in [-0.15, -0.1) is 0 Å². The molecule has 0 heterocycles. The predicted molar refractivity (Wildman–Crippen MR) is 20.4 cm³/mol. The molecule has 0 spiro atoms. The Kier molecular flexibility index (Phi) is 2.74. The van der Waals surface area contributed by atoms with E-state index in [4.69, 9.17) is 5.11 Å². The molecule has 0 bridgehead atoms. The van der Waals surface area contributed by atoms with Gasteiger partial charge < -0.3 is 5.11 Å². The third-order valence-corrected chi connectivity index (χ3v) is 0.927. The van der Waals surface area contributed by atoms with Crippen LogP contribution in [0.15, 0.2) is 0 Å². The molecule has 1 fully saturated rings. The summed E-state index contributed by atoms with van der Waals surface area (Å²) in [5.41, 5.74) is 0. The zero-order valence-electron chi connectivity index (χ0n) is 3.85. The van der Waals surface area contributed by atoms with Crippen molar-refractivity contribution in [2.45, 2.75) is 12.8 Å².